The van der Waals surface area contributed by atoms with Crippen LogP contribution in [0.2, 0.25) is 5.02 Å². The van der Waals surface area contributed by atoms with E-state index in [-0.39, 0.29) is 17.7 Å². The Labute approximate surface area is 271 Å². The fourth-order valence-corrected chi connectivity index (χ4v) is 5.21. The maximum Gasteiger partial charge on any atom is 0.253 e. The van der Waals surface area contributed by atoms with Crippen LogP contribution in [-0.2, 0) is 22.4 Å². The highest BCUT2D eigenvalue weighted by atomic mass is 35.5. The molecule has 2 amide bonds. The van der Waals surface area contributed by atoms with Crippen molar-refractivity contribution >= 4 is 52.2 Å². The van der Waals surface area contributed by atoms with E-state index in [1.54, 1.807) is 18.5 Å². The predicted octanol–water partition coefficient (Wildman–Crippen LogP) is 6.73. The number of nitrogens with zero attached hydrogens (tertiary/aromatic N) is 5. The lowest BCUT2D eigenvalue weighted by Crippen LogP contribution is -2.39. The van der Waals surface area contributed by atoms with Crippen LogP contribution in [0.5, 0.6) is 0 Å². The number of nitrogens with one attached hydrogen (secondary N) is 3. The average molecular weight is 631 g/mol. The predicted molar refractivity (Wildman–Crippen MR) is 182 cm³/mol. The van der Waals surface area contributed by atoms with E-state index in [9.17, 15) is 9.59 Å². The normalized spacial score (nSPS) is 14.4. The number of carbonyl (C=O) groups excluding carboxylic acids is 2. The lowest BCUT2D eigenvalue weighted by Gasteiger charge is -2.32. The molecule has 45 heavy (non-hydrogen) atoms. The second-order valence-electron chi connectivity index (χ2n) is 11.6. The number of aromatic nitrogens is 3. The minimum atomic E-state index is -0.0549. The van der Waals surface area contributed by atoms with Gasteiger partial charge in [-0.3, -0.25) is 14.6 Å². The van der Waals surface area contributed by atoms with Crippen molar-refractivity contribution in [2.45, 2.75) is 52.4 Å². The van der Waals surface area contributed by atoms with Gasteiger partial charge in [0.05, 0.1) is 18.1 Å². The highest BCUT2D eigenvalue weighted by molar-refractivity contribution is 6.32. The number of hydrogen-bond acceptors (Lipinski definition) is 8. The molecule has 6 bridgehead atoms. The Morgan fingerprint density at radius 1 is 1.09 bits per heavy atom. The molecule has 1 fully saturated rings. The van der Waals surface area contributed by atoms with Gasteiger partial charge in [-0.05, 0) is 79.3 Å². The first-order chi connectivity index (χ1) is 21.6. The minimum absolute atomic E-state index is 0.0330. The van der Waals surface area contributed by atoms with Crippen LogP contribution < -0.4 is 16.0 Å². The number of rotatable bonds is 6. The summed E-state index contributed by atoms with van der Waals surface area (Å²) in [5, 5.41) is 10.0. The topological polar surface area (TPSA) is 115 Å². The minimum Gasteiger partial charge on any atom is -0.383 e. The largest absolute Gasteiger partial charge is 0.383 e. The van der Waals surface area contributed by atoms with E-state index in [0.717, 1.165) is 47.5 Å². The van der Waals surface area contributed by atoms with Crippen LogP contribution in [0, 0.1) is 5.92 Å². The summed E-state index contributed by atoms with van der Waals surface area (Å²) in [5.74, 6) is 1.00. The molecule has 2 aliphatic heterocycles. The van der Waals surface area contributed by atoms with E-state index in [1.807, 2.05) is 60.6 Å². The van der Waals surface area contributed by atoms with Crippen LogP contribution in [0.4, 0.5) is 28.8 Å². The number of halogens is 1. The number of amides is 2. The molecular weight excluding hydrogens is 588 g/mol. The molecule has 2 aromatic heterocycles. The second-order valence-corrected chi connectivity index (χ2v) is 12.0. The Balaban J connectivity index is 0.00000148. The third kappa shape index (κ3) is 9.78. The number of fused-ring (bicyclic) bond motifs is 6. The van der Waals surface area contributed by atoms with Gasteiger partial charge in [0.1, 0.15) is 5.02 Å². The maximum atomic E-state index is 13.2. The molecule has 0 unspecified atom stereocenters. The SMILES string of the molecule is C=C(/C=C\N(C)C)C(=O)N1CCC(CC(=O)Nc2ccc3cc2CCc2cncc(c2)Nc2ncc(Cl)c(n2)N3)CC1.CCC. The van der Waals surface area contributed by atoms with Gasteiger partial charge in [0.2, 0.25) is 11.9 Å². The van der Waals surface area contributed by atoms with Crippen LogP contribution in [0.1, 0.15) is 50.7 Å². The van der Waals surface area contributed by atoms with E-state index in [1.165, 1.54) is 6.42 Å². The smallest absolute Gasteiger partial charge is 0.253 e. The van der Waals surface area contributed by atoms with Crippen molar-refractivity contribution in [2.24, 2.45) is 5.92 Å². The Kier molecular flexibility index (Phi) is 11.9. The number of hydrogen-bond donors (Lipinski definition) is 3. The molecule has 1 aromatic carbocycles. The monoisotopic (exact) mass is 630 g/mol. The summed E-state index contributed by atoms with van der Waals surface area (Å²) in [6, 6.07) is 7.83. The number of anilines is 5. The molecule has 0 spiro atoms. The third-order valence-corrected chi connectivity index (χ3v) is 7.62. The van der Waals surface area contributed by atoms with Gasteiger partial charge in [-0.2, -0.15) is 4.98 Å². The van der Waals surface area contributed by atoms with Crippen molar-refractivity contribution in [3.8, 4) is 0 Å². The van der Waals surface area contributed by atoms with Gasteiger partial charge >= 0.3 is 0 Å². The molecular formula is C34H43ClN8O2. The van der Waals surface area contributed by atoms with Gasteiger partial charge in [0.15, 0.2) is 5.82 Å². The molecule has 0 aliphatic carbocycles. The van der Waals surface area contributed by atoms with Gasteiger partial charge in [-0.25, -0.2) is 4.98 Å². The first-order valence-electron chi connectivity index (χ1n) is 15.4. The van der Waals surface area contributed by atoms with Crippen molar-refractivity contribution in [1.29, 1.82) is 0 Å². The maximum absolute atomic E-state index is 13.2. The molecule has 0 atom stereocenters. The Hall–Kier alpha value is -4.44. The van der Waals surface area contributed by atoms with Gasteiger partial charge in [0.25, 0.3) is 5.91 Å². The lowest BCUT2D eigenvalue weighted by molar-refractivity contribution is -0.128. The molecule has 10 nitrogen and oxygen atoms in total. The fraction of sp³-hybridized carbons (Fsp3) is 0.382. The van der Waals surface area contributed by atoms with E-state index in [0.29, 0.717) is 48.3 Å². The molecule has 5 rings (SSSR count). The summed E-state index contributed by atoms with van der Waals surface area (Å²) < 4.78 is 0. The summed E-state index contributed by atoms with van der Waals surface area (Å²) >= 11 is 6.38. The Bertz CT molecular complexity index is 1530. The average Bonchev–Trinajstić information content (AvgIpc) is 3.02. The first-order valence-corrected chi connectivity index (χ1v) is 15.8. The van der Waals surface area contributed by atoms with E-state index < -0.39 is 0 Å². The number of pyridine rings is 1. The van der Waals surface area contributed by atoms with Gasteiger partial charge in [-0.1, -0.05) is 38.4 Å². The summed E-state index contributed by atoms with van der Waals surface area (Å²) in [4.78, 5) is 42.7. The van der Waals surface area contributed by atoms with Crippen LogP contribution >= 0.6 is 11.6 Å². The molecule has 3 aromatic rings. The molecule has 1 saturated heterocycles. The molecule has 0 radical (unpaired) electrons. The van der Waals surface area contributed by atoms with Gasteiger partial charge in [0, 0.05) is 56.8 Å². The first kappa shape index (κ1) is 33.5. The van der Waals surface area contributed by atoms with Crippen LogP contribution in [0.25, 0.3) is 0 Å². The molecule has 0 saturated carbocycles. The lowest BCUT2D eigenvalue weighted by atomic mass is 9.92. The number of piperidine rings is 1. The Morgan fingerprint density at radius 3 is 2.58 bits per heavy atom. The zero-order valence-electron chi connectivity index (χ0n) is 26.6. The zero-order valence-corrected chi connectivity index (χ0v) is 27.3. The Morgan fingerprint density at radius 2 is 1.84 bits per heavy atom. The summed E-state index contributed by atoms with van der Waals surface area (Å²) in [7, 11) is 3.80. The zero-order chi connectivity index (χ0) is 32.3. The van der Waals surface area contributed by atoms with Crippen LogP contribution in [0.15, 0.2) is 67.3 Å². The fourth-order valence-electron chi connectivity index (χ4n) is 5.07. The van der Waals surface area contributed by atoms with E-state index >= 15 is 0 Å². The number of carbonyl (C=O) groups is 2. The summed E-state index contributed by atoms with van der Waals surface area (Å²) in [5.41, 5.74) is 4.85. The number of likely N-dealkylation sites (tertiary alicyclic amines) is 1. The summed E-state index contributed by atoms with van der Waals surface area (Å²) in [6.07, 6.45) is 13.3. The summed E-state index contributed by atoms with van der Waals surface area (Å²) in [6.45, 7) is 9.39. The van der Waals surface area contributed by atoms with Crippen LogP contribution in [-0.4, -0.2) is 63.8 Å². The van der Waals surface area contributed by atoms with Crippen LogP contribution in [0.3, 0.4) is 0 Å². The molecule has 4 heterocycles. The quantitative estimate of drug-likeness (QED) is 0.203. The van der Waals surface area contributed by atoms with Crippen molar-refractivity contribution < 1.29 is 9.59 Å². The molecule has 238 valence electrons. The standard InChI is InChI=1S/C31H35ClN8O2.C3H8/c1-20(8-11-39(2)3)30(42)40-12-9-21(10-13-40)15-28(41)37-27-7-6-24-16-23(27)5-4-22-14-25(18-33-17-22)36-31-34-19-26(32)29(35-24)38-31;1-3-2/h6-8,11,14,16-19,21H,1,4-5,9-10,12-13,15H2,2-3H3,(H,37,41)(H2,34,35,36,38);3H2,1-2H3/b11-8-;. The molecule has 11 heteroatoms. The molecule has 2 aliphatic rings. The second kappa shape index (κ2) is 16.0. The van der Waals surface area contributed by atoms with E-state index in [2.05, 4.69) is 51.3 Å². The number of benzene rings is 1. The van der Waals surface area contributed by atoms with Crippen molar-refractivity contribution in [1.82, 2.24) is 24.8 Å². The van der Waals surface area contributed by atoms with E-state index in [4.69, 9.17) is 11.6 Å². The van der Waals surface area contributed by atoms with Crippen molar-refractivity contribution in [2.75, 3.05) is 43.1 Å². The van der Waals surface area contributed by atoms with Crippen molar-refractivity contribution in [3.05, 3.63) is 83.4 Å². The molecule has 3 N–H and O–H groups in total. The van der Waals surface area contributed by atoms with Gasteiger partial charge < -0.3 is 25.8 Å². The third-order valence-electron chi connectivity index (χ3n) is 7.34. The highest BCUT2D eigenvalue weighted by Gasteiger charge is 2.25. The highest BCUT2D eigenvalue weighted by Crippen LogP contribution is 2.30. The van der Waals surface area contributed by atoms with Gasteiger partial charge in [-0.15, -0.1) is 0 Å². The van der Waals surface area contributed by atoms with Crippen molar-refractivity contribution in [3.63, 3.8) is 0 Å². The number of aryl methyl sites for hydroxylation is 2.